The number of rotatable bonds is 4. The van der Waals surface area contributed by atoms with Crippen molar-refractivity contribution in [2.75, 3.05) is 7.11 Å². The number of methoxy groups -OCH3 is 1. The van der Waals surface area contributed by atoms with Gasteiger partial charge >= 0.3 is 0 Å². The fraction of sp³-hybridized carbons (Fsp3) is 0.0625. The molecule has 0 spiro atoms. The third-order valence-electron chi connectivity index (χ3n) is 2.71. The molecule has 3 heteroatoms. The van der Waals surface area contributed by atoms with E-state index >= 15 is 0 Å². The van der Waals surface area contributed by atoms with E-state index in [0.29, 0.717) is 16.9 Å². The van der Waals surface area contributed by atoms with E-state index in [4.69, 9.17) is 4.74 Å². The lowest BCUT2D eigenvalue weighted by Crippen LogP contribution is -1.94. The van der Waals surface area contributed by atoms with Crippen LogP contribution in [0.3, 0.4) is 0 Å². The molecule has 0 atom stereocenters. The van der Waals surface area contributed by atoms with Crippen molar-refractivity contribution in [3.05, 3.63) is 65.7 Å². The summed E-state index contributed by atoms with van der Waals surface area (Å²) in [7, 11) is 1.56. The summed E-state index contributed by atoms with van der Waals surface area (Å²) in [6, 6.07) is 13.8. The molecule has 0 unspecified atom stereocenters. The minimum Gasteiger partial charge on any atom is -0.507 e. The Bertz CT molecular complexity index is 615. The van der Waals surface area contributed by atoms with Crippen LogP contribution in [0.15, 0.2) is 54.6 Å². The summed E-state index contributed by atoms with van der Waals surface area (Å²) in [6.45, 7) is 0. The molecule has 2 aromatic carbocycles. The zero-order chi connectivity index (χ0) is 13.7. The Kier molecular flexibility index (Phi) is 3.98. The fourth-order valence-electron chi connectivity index (χ4n) is 1.67. The number of hydrogen-bond acceptors (Lipinski definition) is 3. The Balaban J connectivity index is 2.19. The smallest absolute Gasteiger partial charge is 0.185 e. The second kappa shape index (κ2) is 5.87. The number of para-hydroxylation sites is 1. The number of ketones is 1. The molecule has 0 fully saturated rings. The second-order valence-corrected chi connectivity index (χ2v) is 3.99. The zero-order valence-electron chi connectivity index (χ0n) is 10.5. The molecule has 0 aromatic heterocycles. The molecule has 2 aromatic rings. The minimum absolute atomic E-state index is 0.137. The van der Waals surface area contributed by atoms with Crippen LogP contribution in [-0.2, 0) is 0 Å². The van der Waals surface area contributed by atoms with E-state index in [1.807, 2.05) is 0 Å². The third-order valence-corrected chi connectivity index (χ3v) is 2.71. The molecule has 0 radical (unpaired) electrons. The van der Waals surface area contributed by atoms with Crippen LogP contribution in [0, 0.1) is 0 Å². The van der Waals surface area contributed by atoms with E-state index in [2.05, 4.69) is 0 Å². The Morgan fingerprint density at radius 1 is 1.16 bits per heavy atom. The van der Waals surface area contributed by atoms with Crippen LogP contribution in [-0.4, -0.2) is 18.0 Å². The number of phenolic OH excluding ortho intramolecular Hbond substituents is 1. The fourth-order valence-corrected chi connectivity index (χ4v) is 1.67. The molecule has 0 heterocycles. The predicted octanol–water partition coefficient (Wildman–Crippen LogP) is 3.30. The van der Waals surface area contributed by atoms with Gasteiger partial charge in [0.2, 0.25) is 0 Å². The van der Waals surface area contributed by atoms with Gasteiger partial charge in [-0.2, -0.15) is 0 Å². The highest BCUT2D eigenvalue weighted by Crippen LogP contribution is 2.18. The molecule has 0 aliphatic heterocycles. The van der Waals surface area contributed by atoms with Crippen molar-refractivity contribution in [3.63, 3.8) is 0 Å². The van der Waals surface area contributed by atoms with Crippen molar-refractivity contribution in [2.45, 2.75) is 0 Å². The van der Waals surface area contributed by atoms with Crippen molar-refractivity contribution < 1.29 is 14.6 Å². The molecule has 19 heavy (non-hydrogen) atoms. The van der Waals surface area contributed by atoms with Crippen molar-refractivity contribution >= 4 is 11.9 Å². The standard InChI is InChI=1S/C16H14O3/c1-19-14-7-4-6-13(11-14)16(18)10-9-12-5-2-3-8-15(12)17/h2-11,17H,1H3. The number of carbonyl (C=O) groups is 1. The average Bonchev–Trinajstić information content (AvgIpc) is 2.46. The quantitative estimate of drug-likeness (QED) is 0.672. The SMILES string of the molecule is COc1cccc(C(=O)C=Cc2ccccc2O)c1. The zero-order valence-corrected chi connectivity index (χ0v) is 10.5. The molecule has 0 bridgehead atoms. The van der Waals surface area contributed by atoms with Crippen LogP contribution in [0.4, 0.5) is 0 Å². The van der Waals surface area contributed by atoms with E-state index in [-0.39, 0.29) is 11.5 Å². The number of aromatic hydroxyl groups is 1. The van der Waals surface area contributed by atoms with Gasteiger partial charge in [-0.25, -0.2) is 0 Å². The summed E-state index contributed by atoms with van der Waals surface area (Å²) in [4.78, 5) is 12.0. The van der Waals surface area contributed by atoms with Gasteiger partial charge in [0.25, 0.3) is 0 Å². The first-order valence-corrected chi connectivity index (χ1v) is 5.85. The second-order valence-electron chi connectivity index (χ2n) is 3.99. The number of hydrogen-bond donors (Lipinski definition) is 1. The van der Waals surface area contributed by atoms with Gasteiger partial charge in [-0.05, 0) is 30.4 Å². The number of carbonyl (C=O) groups excluding carboxylic acids is 1. The lowest BCUT2D eigenvalue weighted by molar-refractivity contribution is 0.104. The summed E-state index contributed by atoms with van der Waals surface area (Å²) in [5.74, 6) is 0.654. The Morgan fingerprint density at radius 3 is 2.68 bits per heavy atom. The first-order chi connectivity index (χ1) is 9.20. The molecular weight excluding hydrogens is 240 g/mol. The molecule has 0 aliphatic carbocycles. The van der Waals surface area contributed by atoms with Gasteiger partial charge in [-0.1, -0.05) is 30.3 Å². The molecule has 0 amide bonds. The van der Waals surface area contributed by atoms with E-state index in [9.17, 15) is 9.90 Å². The van der Waals surface area contributed by atoms with Gasteiger partial charge in [0, 0.05) is 11.1 Å². The van der Waals surface area contributed by atoms with Gasteiger partial charge in [0.1, 0.15) is 11.5 Å². The molecule has 2 rings (SSSR count). The molecule has 3 nitrogen and oxygen atoms in total. The summed E-state index contributed by atoms with van der Waals surface area (Å²) in [6.07, 6.45) is 3.03. The van der Waals surface area contributed by atoms with Crippen LogP contribution in [0.5, 0.6) is 11.5 Å². The van der Waals surface area contributed by atoms with Crippen molar-refractivity contribution in [2.24, 2.45) is 0 Å². The van der Waals surface area contributed by atoms with Crippen LogP contribution < -0.4 is 4.74 Å². The van der Waals surface area contributed by atoms with E-state index in [1.165, 1.54) is 6.08 Å². The first-order valence-electron chi connectivity index (χ1n) is 5.85. The summed E-state index contributed by atoms with van der Waals surface area (Å²) < 4.78 is 5.07. The van der Waals surface area contributed by atoms with E-state index < -0.39 is 0 Å². The highest BCUT2D eigenvalue weighted by molar-refractivity contribution is 6.07. The van der Waals surface area contributed by atoms with Crippen LogP contribution >= 0.6 is 0 Å². The van der Waals surface area contributed by atoms with Gasteiger partial charge < -0.3 is 9.84 Å². The molecule has 96 valence electrons. The lowest BCUT2D eigenvalue weighted by Gasteiger charge is -2.01. The maximum Gasteiger partial charge on any atom is 0.185 e. The highest BCUT2D eigenvalue weighted by atomic mass is 16.5. The number of phenols is 1. The van der Waals surface area contributed by atoms with Gasteiger partial charge in [-0.3, -0.25) is 4.79 Å². The number of benzene rings is 2. The summed E-state index contributed by atoms with van der Waals surface area (Å²) in [5.41, 5.74) is 1.16. The Morgan fingerprint density at radius 2 is 1.95 bits per heavy atom. The van der Waals surface area contributed by atoms with Crippen molar-refractivity contribution in [1.82, 2.24) is 0 Å². The summed E-state index contributed by atoms with van der Waals surface area (Å²) in [5, 5.41) is 9.59. The molecule has 0 aliphatic rings. The predicted molar refractivity (Wildman–Crippen MR) is 74.5 cm³/mol. The van der Waals surface area contributed by atoms with Crippen molar-refractivity contribution in [3.8, 4) is 11.5 Å². The summed E-state index contributed by atoms with van der Waals surface area (Å²) >= 11 is 0. The Labute approximate surface area is 111 Å². The number of ether oxygens (including phenoxy) is 1. The topological polar surface area (TPSA) is 46.5 Å². The van der Waals surface area contributed by atoms with Crippen molar-refractivity contribution in [1.29, 1.82) is 0 Å². The van der Waals surface area contributed by atoms with Gasteiger partial charge in [0.05, 0.1) is 7.11 Å². The molecular formula is C16H14O3. The van der Waals surface area contributed by atoms with Gasteiger partial charge in [0.15, 0.2) is 5.78 Å². The first kappa shape index (κ1) is 12.9. The van der Waals surface area contributed by atoms with E-state index in [1.54, 1.807) is 61.7 Å². The lowest BCUT2D eigenvalue weighted by atomic mass is 10.1. The molecule has 0 saturated heterocycles. The van der Waals surface area contributed by atoms with Crippen LogP contribution in [0.1, 0.15) is 15.9 Å². The Hall–Kier alpha value is -2.55. The van der Waals surface area contributed by atoms with Crippen LogP contribution in [0.2, 0.25) is 0 Å². The average molecular weight is 254 g/mol. The third kappa shape index (κ3) is 3.22. The molecule has 0 saturated carbocycles. The number of allylic oxidation sites excluding steroid dienone is 1. The largest absolute Gasteiger partial charge is 0.507 e. The highest BCUT2D eigenvalue weighted by Gasteiger charge is 2.03. The molecule has 1 N–H and O–H groups in total. The maximum absolute atomic E-state index is 12.0. The van der Waals surface area contributed by atoms with E-state index in [0.717, 1.165) is 0 Å². The van der Waals surface area contributed by atoms with Crippen LogP contribution in [0.25, 0.3) is 6.08 Å². The van der Waals surface area contributed by atoms with Gasteiger partial charge in [-0.15, -0.1) is 0 Å². The maximum atomic E-state index is 12.0. The minimum atomic E-state index is -0.137. The normalized spacial score (nSPS) is 10.6. The monoisotopic (exact) mass is 254 g/mol.